The third kappa shape index (κ3) is 7.31. The van der Waals surface area contributed by atoms with Crippen LogP contribution in [0.5, 0.6) is 0 Å². The van der Waals surface area contributed by atoms with E-state index in [9.17, 15) is 5.21 Å². The van der Waals surface area contributed by atoms with Gasteiger partial charge in [0, 0.05) is 6.54 Å². The predicted molar refractivity (Wildman–Crippen MR) is 74.8 cm³/mol. The molecule has 18 heavy (non-hydrogen) atoms. The van der Waals surface area contributed by atoms with Crippen molar-refractivity contribution in [2.75, 3.05) is 32.8 Å². The summed E-state index contributed by atoms with van der Waals surface area (Å²) in [4.78, 5) is 0. The summed E-state index contributed by atoms with van der Waals surface area (Å²) < 4.78 is 4.95. The van der Waals surface area contributed by atoms with Gasteiger partial charge in [-0.15, -0.1) is 0 Å². The molecule has 0 amide bonds. The second kappa shape index (κ2) is 9.73. The number of unbranched alkanes of at least 4 members (excludes halogenated alkanes) is 7. The normalized spacial score (nSPS) is 19.0. The Morgan fingerprint density at radius 3 is 2.11 bits per heavy atom. The van der Waals surface area contributed by atoms with Crippen LogP contribution >= 0.6 is 0 Å². The minimum absolute atomic E-state index is 0.253. The van der Waals surface area contributed by atoms with E-state index >= 15 is 0 Å². The molecule has 4 nitrogen and oxygen atoms in total. The van der Waals surface area contributed by atoms with Crippen molar-refractivity contribution in [2.45, 2.75) is 58.3 Å². The summed E-state index contributed by atoms with van der Waals surface area (Å²) in [6, 6.07) is 0. The Morgan fingerprint density at radius 1 is 0.944 bits per heavy atom. The number of rotatable bonds is 10. The minimum Gasteiger partial charge on any atom is -0.611 e. The van der Waals surface area contributed by atoms with Crippen LogP contribution in [0.25, 0.3) is 0 Å². The number of nitrogens with one attached hydrogen (secondary N) is 1. The predicted octanol–water partition coefficient (Wildman–Crippen LogP) is 2.98. The van der Waals surface area contributed by atoms with Gasteiger partial charge in [0.05, 0.1) is 13.2 Å². The van der Waals surface area contributed by atoms with E-state index in [1.54, 1.807) is 0 Å². The highest BCUT2D eigenvalue weighted by Gasteiger charge is 2.20. The van der Waals surface area contributed by atoms with Crippen LogP contribution in [0.4, 0.5) is 0 Å². The molecule has 0 aromatic heterocycles. The number of quaternary nitrogens is 1. The minimum atomic E-state index is -0.253. The maximum atomic E-state index is 12.1. The molecule has 0 aliphatic carbocycles. The first-order chi connectivity index (χ1) is 8.77. The number of nitrogens with zero attached hydrogens (tertiary/aromatic N) is 1. The Bertz CT molecular complexity index is 194. The Hall–Kier alpha value is -0.160. The Morgan fingerprint density at radius 2 is 1.50 bits per heavy atom. The first-order valence-corrected chi connectivity index (χ1v) is 7.68. The number of hydrogen-bond acceptors (Lipinski definition) is 3. The zero-order valence-corrected chi connectivity index (χ0v) is 12.0. The summed E-state index contributed by atoms with van der Waals surface area (Å²) in [6.45, 7) is 5.38. The van der Waals surface area contributed by atoms with Gasteiger partial charge in [0.25, 0.3) is 0 Å². The molecule has 1 saturated heterocycles. The van der Waals surface area contributed by atoms with Crippen molar-refractivity contribution in [3.63, 3.8) is 0 Å². The van der Waals surface area contributed by atoms with E-state index in [4.69, 9.17) is 4.74 Å². The van der Waals surface area contributed by atoms with Gasteiger partial charge in [-0.1, -0.05) is 51.9 Å². The van der Waals surface area contributed by atoms with Crippen molar-refractivity contribution >= 4 is 0 Å². The molecular formula is C14H30N2O2. The largest absolute Gasteiger partial charge is 0.611 e. The number of morpholine rings is 1. The fourth-order valence-corrected chi connectivity index (χ4v) is 2.34. The second-order valence-corrected chi connectivity index (χ2v) is 5.33. The molecular weight excluding hydrogens is 228 g/mol. The Kier molecular flexibility index (Phi) is 8.59. The van der Waals surface area contributed by atoms with E-state index in [1.165, 1.54) is 44.9 Å². The average molecular weight is 258 g/mol. The molecule has 1 rings (SSSR count). The summed E-state index contributed by atoms with van der Waals surface area (Å²) in [7, 11) is 0. The van der Waals surface area contributed by atoms with Gasteiger partial charge in [-0.2, -0.15) is 5.43 Å². The molecule has 0 spiro atoms. The highest BCUT2D eigenvalue weighted by Crippen LogP contribution is 2.09. The first-order valence-electron chi connectivity index (χ1n) is 7.68. The lowest BCUT2D eigenvalue weighted by Crippen LogP contribution is -2.59. The van der Waals surface area contributed by atoms with Crippen molar-refractivity contribution in [1.29, 1.82) is 0 Å². The van der Waals surface area contributed by atoms with Crippen LogP contribution in [0.3, 0.4) is 0 Å². The van der Waals surface area contributed by atoms with Crippen molar-refractivity contribution < 1.29 is 9.49 Å². The summed E-state index contributed by atoms with van der Waals surface area (Å²) >= 11 is 0. The fraction of sp³-hybridized carbons (Fsp3) is 1.00. The van der Waals surface area contributed by atoms with Gasteiger partial charge in [-0.05, 0) is 6.42 Å². The van der Waals surface area contributed by atoms with Crippen LogP contribution in [-0.2, 0) is 4.74 Å². The Balaban J connectivity index is 1.86. The highest BCUT2D eigenvalue weighted by atomic mass is 16.6. The zero-order chi connectivity index (χ0) is 13.1. The molecule has 0 aromatic carbocycles. The molecule has 108 valence electrons. The van der Waals surface area contributed by atoms with Gasteiger partial charge in [0.15, 0.2) is 0 Å². The third-order valence-corrected chi connectivity index (χ3v) is 3.62. The van der Waals surface area contributed by atoms with Gasteiger partial charge in [0.1, 0.15) is 13.1 Å². The topological polar surface area (TPSA) is 44.3 Å². The van der Waals surface area contributed by atoms with Gasteiger partial charge in [0.2, 0.25) is 0 Å². The first kappa shape index (κ1) is 15.9. The maximum Gasteiger partial charge on any atom is 0.120 e. The molecule has 1 N–H and O–H groups in total. The summed E-state index contributed by atoms with van der Waals surface area (Å²) in [5.41, 5.74) is 3.11. The third-order valence-electron chi connectivity index (χ3n) is 3.62. The maximum absolute atomic E-state index is 12.1. The zero-order valence-electron chi connectivity index (χ0n) is 12.0. The van der Waals surface area contributed by atoms with Gasteiger partial charge in [-0.25, -0.2) is 0 Å². The average Bonchev–Trinajstić information content (AvgIpc) is 2.38. The van der Waals surface area contributed by atoms with Crippen molar-refractivity contribution in [1.82, 2.24) is 5.43 Å². The lowest BCUT2D eigenvalue weighted by atomic mass is 10.1. The van der Waals surface area contributed by atoms with E-state index in [1.807, 2.05) is 0 Å². The van der Waals surface area contributed by atoms with E-state index in [0.717, 1.165) is 13.0 Å². The number of ether oxygens (including phenoxy) is 1. The van der Waals surface area contributed by atoms with E-state index in [0.29, 0.717) is 26.3 Å². The molecule has 0 unspecified atom stereocenters. The van der Waals surface area contributed by atoms with Crippen LogP contribution in [0, 0.1) is 5.21 Å². The summed E-state index contributed by atoms with van der Waals surface area (Å²) in [6.07, 6.45) is 10.5. The monoisotopic (exact) mass is 258 g/mol. The quantitative estimate of drug-likeness (QED) is 0.372. The van der Waals surface area contributed by atoms with Crippen LogP contribution in [0.15, 0.2) is 0 Å². The molecule has 1 heterocycles. The Labute approximate surface area is 112 Å². The van der Waals surface area contributed by atoms with E-state index in [2.05, 4.69) is 12.3 Å². The standard InChI is InChI=1S/C14H30N2O2/c1-2-3-4-5-6-7-8-9-10-15-16(17)11-13-18-14-12-16/h15H,2-14H2,1H3. The lowest BCUT2D eigenvalue weighted by molar-refractivity contribution is -0.931. The highest BCUT2D eigenvalue weighted by molar-refractivity contribution is 4.50. The molecule has 0 aromatic rings. The number of hydrogen-bond donors (Lipinski definition) is 1. The van der Waals surface area contributed by atoms with Gasteiger partial charge >= 0.3 is 0 Å². The summed E-state index contributed by atoms with van der Waals surface area (Å²) in [5.74, 6) is 0. The molecule has 0 saturated carbocycles. The van der Waals surface area contributed by atoms with Gasteiger partial charge < -0.3 is 9.94 Å². The molecule has 1 aliphatic heterocycles. The van der Waals surface area contributed by atoms with Crippen molar-refractivity contribution in [3.05, 3.63) is 5.21 Å². The smallest absolute Gasteiger partial charge is 0.120 e. The van der Waals surface area contributed by atoms with Crippen LogP contribution in [0.2, 0.25) is 0 Å². The molecule has 0 bridgehead atoms. The van der Waals surface area contributed by atoms with Crippen molar-refractivity contribution in [3.8, 4) is 0 Å². The van der Waals surface area contributed by atoms with Crippen molar-refractivity contribution in [2.24, 2.45) is 0 Å². The van der Waals surface area contributed by atoms with Crippen LogP contribution < -0.4 is 5.43 Å². The molecule has 1 aliphatic rings. The van der Waals surface area contributed by atoms with Crippen LogP contribution in [-0.4, -0.2) is 37.6 Å². The fourth-order valence-electron chi connectivity index (χ4n) is 2.34. The van der Waals surface area contributed by atoms with E-state index in [-0.39, 0.29) is 4.76 Å². The molecule has 0 atom stereocenters. The van der Waals surface area contributed by atoms with E-state index < -0.39 is 0 Å². The lowest BCUT2D eigenvalue weighted by Gasteiger charge is -2.44. The summed E-state index contributed by atoms with van der Waals surface area (Å²) in [5, 5.41) is 12.1. The number of hydroxylamine groups is 2. The molecule has 4 heteroatoms. The molecule has 1 fully saturated rings. The second-order valence-electron chi connectivity index (χ2n) is 5.33. The van der Waals surface area contributed by atoms with Crippen LogP contribution in [0.1, 0.15) is 58.3 Å². The SMILES string of the molecule is CCCCCCCCCCN[N+]1([O-])CCOCC1. The molecule has 0 radical (unpaired) electrons. The van der Waals surface area contributed by atoms with Gasteiger partial charge in [-0.3, -0.25) is 4.76 Å².